The van der Waals surface area contributed by atoms with E-state index in [1.54, 1.807) is 6.07 Å². The minimum Gasteiger partial charge on any atom is -0.486 e. The number of fused-ring (bicyclic) bond motifs is 1. The molecule has 3 aromatic rings. The molecule has 4 rings (SSSR count). The number of nitrogens with one attached hydrogen (secondary N) is 1. The summed E-state index contributed by atoms with van der Waals surface area (Å²) in [6.45, 7) is 4.61. The molecule has 0 saturated heterocycles. The fraction of sp³-hybridized carbons (Fsp3) is 0.278. The predicted octanol–water partition coefficient (Wildman–Crippen LogP) is 3.83. The Labute approximate surface area is 160 Å². The molecule has 0 saturated carbocycles. The summed E-state index contributed by atoms with van der Waals surface area (Å²) in [5, 5.41) is 4.77. The van der Waals surface area contributed by atoms with Crippen molar-refractivity contribution in [2.75, 3.05) is 18.5 Å². The van der Waals surface area contributed by atoms with E-state index in [2.05, 4.69) is 10.3 Å². The van der Waals surface area contributed by atoms with E-state index in [1.165, 1.54) is 23.5 Å². The quantitative estimate of drug-likeness (QED) is 0.689. The molecular weight excluding hydrogens is 388 g/mol. The Balaban J connectivity index is 1.80. The third kappa shape index (κ3) is 3.40. The Kier molecular flexibility index (Phi) is 4.56. The number of oxazole rings is 1. The van der Waals surface area contributed by atoms with Crippen molar-refractivity contribution in [3.63, 3.8) is 0 Å². The van der Waals surface area contributed by atoms with Crippen molar-refractivity contribution >= 4 is 27.1 Å². The number of anilines is 1. The number of thiophene rings is 1. The van der Waals surface area contributed by atoms with E-state index in [1.807, 2.05) is 31.4 Å². The van der Waals surface area contributed by atoms with Crippen molar-refractivity contribution in [3.8, 4) is 22.3 Å². The second-order valence-electron chi connectivity index (χ2n) is 6.24. The average molecular weight is 406 g/mol. The van der Waals surface area contributed by atoms with Gasteiger partial charge in [-0.2, -0.15) is 4.98 Å². The molecule has 9 heteroatoms. The molecule has 1 aliphatic rings. The van der Waals surface area contributed by atoms with E-state index in [9.17, 15) is 8.42 Å². The van der Waals surface area contributed by atoms with Crippen LogP contribution in [-0.4, -0.2) is 32.7 Å². The Hall–Kier alpha value is -2.52. The maximum absolute atomic E-state index is 13.2. The van der Waals surface area contributed by atoms with Gasteiger partial charge in [0.15, 0.2) is 11.5 Å². The molecule has 142 valence electrons. The van der Waals surface area contributed by atoms with Crippen LogP contribution in [0.15, 0.2) is 50.1 Å². The summed E-state index contributed by atoms with van der Waals surface area (Å²) in [5.74, 6) is 1.33. The number of sulfone groups is 1. The molecule has 0 atom stereocenters. The van der Waals surface area contributed by atoms with E-state index in [0.717, 1.165) is 4.88 Å². The van der Waals surface area contributed by atoms with Crippen LogP contribution in [0.5, 0.6) is 11.5 Å². The lowest BCUT2D eigenvalue weighted by molar-refractivity contribution is 0.171. The summed E-state index contributed by atoms with van der Waals surface area (Å²) in [7, 11) is -3.92. The van der Waals surface area contributed by atoms with E-state index in [0.29, 0.717) is 24.7 Å². The summed E-state index contributed by atoms with van der Waals surface area (Å²) in [6.07, 6.45) is 0. The van der Waals surface area contributed by atoms with Gasteiger partial charge in [0.2, 0.25) is 26.6 Å². The molecule has 27 heavy (non-hydrogen) atoms. The first-order chi connectivity index (χ1) is 12.9. The lowest BCUT2D eigenvalue weighted by Gasteiger charge is -2.18. The van der Waals surface area contributed by atoms with E-state index < -0.39 is 9.84 Å². The highest BCUT2D eigenvalue weighted by Gasteiger charge is 2.30. The number of hydrogen-bond donors (Lipinski definition) is 1. The average Bonchev–Trinajstić information content (AvgIpc) is 3.30. The Morgan fingerprint density at radius 1 is 1.15 bits per heavy atom. The van der Waals surface area contributed by atoms with Gasteiger partial charge < -0.3 is 19.2 Å². The molecule has 0 spiro atoms. The van der Waals surface area contributed by atoms with Gasteiger partial charge >= 0.3 is 0 Å². The number of ether oxygens (including phenoxy) is 2. The van der Waals surface area contributed by atoms with Crippen LogP contribution < -0.4 is 14.8 Å². The monoisotopic (exact) mass is 406 g/mol. The molecule has 0 amide bonds. The van der Waals surface area contributed by atoms with Crippen molar-refractivity contribution in [2.45, 2.75) is 29.8 Å². The third-order valence-electron chi connectivity index (χ3n) is 3.83. The molecule has 0 radical (unpaired) electrons. The number of aromatic nitrogens is 1. The topological polar surface area (TPSA) is 90.7 Å². The van der Waals surface area contributed by atoms with Gasteiger partial charge in [0.25, 0.3) is 0 Å². The molecule has 7 nitrogen and oxygen atoms in total. The zero-order chi connectivity index (χ0) is 19.0. The Bertz CT molecular complexity index is 1060. The van der Waals surface area contributed by atoms with Crippen LogP contribution in [0.3, 0.4) is 0 Å². The lowest BCUT2D eigenvalue weighted by atomic mass is 10.3. The van der Waals surface area contributed by atoms with E-state index >= 15 is 0 Å². The van der Waals surface area contributed by atoms with Gasteiger partial charge in [-0.3, -0.25) is 0 Å². The van der Waals surface area contributed by atoms with Crippen LogP contribution >= 0.6 is 11.3 Å². The van der Waals surface area contributed by atoms with Crippen molar-refractivity contribution in [3.05, 3.63) is 35.7 Å². The molecule has 1 aliphatic heterocycles. The molecule has 1 N–H and O–H groups in total. The van der Waals surface area contributed by atoms with Gasteiger partial charge in [-0.25, -0.2) is 8.42 Å². The number of hydrogen-bond acceptors (Lipinski definition) is 8. The van der Waals surface area contributed by atoms with Crippen LogP contribution in [-0.2, 0) is 9.84 Å². The minimum atomic E-state index is -3.92. The SMILES string of the molecule is CC(C)Nc1oc(-c2cccs2)nc1S(=O)(=O)c1ccc2c(c1)OCCO2. The first-order valence-corrected chi connectivity index (χ1v) is 10.8. The molecule has 1 aromatic carbocycles. The third-order valence-corrected chi connectivity index (χ3v) is 6.34. The smallest absolute Gasteiger partial charge is 0.240 e. The van der Waals surface area contributed by atoms with Gasteiger partial charge in [-0.05, 0) is 37.4 Å². The highest BCUT2D eigenvalue weighted by Crippen LogP contribution is 2.37. The summed E-state index contributed by atoms with van der Waals surface area (Å²) in [4.78, 5) is 5.12. The van der Waals surface area contributed by atoms with Gasteiger partial charge in [0.1, 0.15) is 13.2 Å². The van der Waals surface area contributed by atoms with Crippen molar-refractivity contribution < 1.29 is 22.3 Å². The minimum absolute atomic E-state index is 0.0247. The normalized spacial score (nSPS) is 13.7. The highest BCUT2D eigenvalue weighted by molar-refractivity contribution is 7.91. The maximum Gasteiger partial charge on any atom is 0.240 e. The fourth-order valence-electron chi connectivity index (χ4n) is 2.65. The Morgan fingerprint density at radius 2 is 1.93 bits per heavy atom. The largest absolute Gasteiger partial charge is 0.486 e. The molecule has 0 fully saturated rings. The van der Waals surface area contributed by atoms with E-state index in [-0.39, 0.29) is 27.7 Å². The van der Waals surface area contributed by atoms with Gasteiger partial charge in [0, 0.05) is 12.1 Å². The summed E-state index contributed by atoms with van der Waals surface area (Å²) < 4.78 is 43.2. The van der Waals surface area contributed by atoms with Crippen molar-refractivity contribution in [1.29, 1.82) is 0 Å². The predicted molar refractivity (Wildman–Crippen MR) is 101 cm³/mol. The Morgan fingerprint density at radius 3 is 2.63 bits per heavy atom. The second-order valence-corrected chi connectivity index (χ2v) is 9.05. The zero-order valence-electron chi connectivity index (χ0n) is 14.8. The van der Waals surface area contributed by atoms with Gasteiger partial charge in [-0.1, -0.05) is 6.07 Å². The highest BCUT2D eigenvalue weighted by atomic mass is 32.2. The molecule has 2 aromatic heterocycles. The number of nitrogens with zero attached hydrogens (tertiary/aromatic N) is 1. The summed E-state index contributed by atoms with van der Waals surface area (Å²) in [5.41, 5.74) is 0. The first-order valence-electron chi connectivity index (χ1n) is 8.41. The second kappa shape index (κ2) is 6.90. The van der Waals surface area contributed by atoms with Crippen LogP contribution in [0.4, 0.5) is 5.88 Å². The van der Waals surface area contributed by atoms with Crippen molar-refractivity contribution in [2.24, 2.45) is 0 Å². The van der Waals surface area contributed by atoms with Gasteiger partial charge in [-0.15, -0.1) is 11.3 Å². The molecule has 3 heterocycles. The summed E-state index contributed by atoms with van der Waals surface area (Å²) >= 11 is 1.43. The fourth-order valence-corrected chi connectivity index (χ4v) is 4.58. The number of rotatable bonds is 5. The lowest BCUT2D eigenvalue weighted by Crippen LogP contribution is -2.16. The standard InChI is InChI=1S/C18H18N2O5S2/c1-11(2)19-17-18(20-16(25-17)15-4-3-9-26-15)27(21,22)12-5-6-13-14(10-12)24-8-7-23-13/h3-6,9-11,19H,7-8H2,1-2H3. The molecule has 0 unspecified atom stereocenters. The van der Waals surface area contributed by atoms with Crippen LogP contribution in [0.2, 0.25) is 0 Å². The van der Waals surface area contributed by atoms with Crippen LogP contribution in [0, 0.1) is 0 Å². The van der Waals surface area contributed by atoms with Gasteiger partial charge in [0.05, 0.1) is 9.77 Å². The molecule has 0 aliphatic carbocycles. The van der Waals surface area contributed by atoms with Crippen molar-refractivity contribution in [1.82, 2.24) is 4.98 Å². The van der Waals surface area contributed by atoms with E-state index in [4.69, 9.17) is 13.9 Å². The first kappa shape index (κ1) is 17.9. The van der Waals surface area contributed by atoms with Crippen LogP contribution in [0.1, 0.15) is 13.8 Å². The molecular formula is C18H18N2O5S2. The maximum atomic E-state index is 13.2. The zero-order valence-corrected chi connectivity index (χ0v) is 16.4. The molecule has 0 bridgehead atoms. The summed E-state index contributed by atoms with van der Waals surface area (Å²) in [6, 6.07) is 8.20. The number of benzene rings is 1. The van der Waals surface area contributed by atoms with Crippen LogP contribution in [0.25, 0.3) is 10.8 Å².